The molecule has 0 radical (unpaired) electrons. The molecule has 4 nitrogen and oxygen atoms in total. The van der Waals surface area contributed by atoms with Crippen LogP contribution >= 0.6 is 0 Å². The molecule has 0 saturated heterocycles. The van der Waals surface area contributed by atoms with E-state index in [1.54, 1.807) is 12.1 Å². The van der Waals surface area contributed by atoms with E-state index in [1.807, 2.05) is 13.0 Å². The van der Waals surface area contributed by atoms with Gasteiger partial charge in [-0.05, 0) is 37.0 Å². The maximum Gasteiger partial charge on any atom is 0.335 e. The molecule has 0 saturated carbocycles. The summed E-state index contributed by atoms with van der Waals surface area (Å²) in [6, 6.07) is 5.08. The van der Waals surface area contributed by atoms with Crippen LogP contribution in [0.1, 0.15) is 34.3 Å². The van der Waals surface area contributed by atoms with Crippen LogP contribution in [-0.4, -0.2) is 22.2 Å². The fraction of sp³-hybridized carbons (Fsp3) is 0.333. The van der Waals surface area contributed by atoms with Crippen molar-refractivity contribution in [2.75, 3.05) is 0 Å². The molecule has 0 aromatic heterocycles. The first-order valence-corrected chi connectivity index (χ1v) is 5.06. The highest BCUT2D eigenvalue weighted by molar-refractivity contribution is 5.89. The van der Waals surface area contributed by atoms with Crippen molar-refractivity contribution in [2.24, 2.45) is 0 Å². The molecular weight excluding hydrogens is 208 g/mol. The molecule has 0 amide bonds. The first-order chi connectivity index (χ1) is 7.52. The van der Waals surface area contributed by atoms with Gasteiger partial charge in [0.2, 0.25) is 0 Å². The molecule has 0 atom stereocenters. The molecule has 4 heteroatoms. The molecule has 1 rings (SSSR count). The number of aryl methyl sites for hydroxylation is 1. The van der Waals surface area contributed by atoms with Crippen LogP contribution in [0.3, 0.4) is 0 Å². The van der Waals surface area contributed by atoms with E-state index in [0.717, 1.165) is 11.1 Å². The van der Waals surface area contributed by atoms with Crippen molar-refractivity contribution in [1.82, 2.24) is 0 Å². The van der Waals surface area contributed by atoms with Crippen LogP contribution in [0.4, 0.5) is 0 Å². The Hall–Kier alpha value is -1.84. The van der Waals surface area contributed by atoms with Gasteiger partial charge in [-0.3, -0.25) is 4.79 Å². The number of aromatic carboxylic acids is 1. The van der Waals surface area contributed by atoms with Gasteiger partial charge in [-0.2, -0.15) is 0 Å². The van der Waals surface area contributed by atoms with Gasteiger partial charge in [0.05, 0.1) is 5.56 Å². The minimum Gasteiger partial charge on any atom is -0.481 e. The summed E-state index contributed by atoms with van der Waals surface area (Å²) in [5.74, 6) is -1.82. The quantitative estimate of drug-likeness (QED) is 0.800. The SMILES string of the molecule is Cc1cccc(C(=O)O)c1CCCC(=O)O. The second-order valence-electron chi connectivity index (χ2n) is 3.65. The molecule has 1 aromatic carbocycles. The van der Waals surface area contributed by atoms with Crippen molar-refractivity contribution in [3.63, 3.8) is 0 Å². The zero-order valence-corrected chi connectivity index (χ0v) is 9.06. The monoisotopic (exact) mass is 222 g/mol. The number of rotatable bonds is 5. The molecule has 1 aromatic rings. The Labute approximate surface area is 93.5 Å². The number of carboxylic acids is 2. The van der Waals surface area contributed by atoms with E-state index in [0.29, 0.717) is 12.8 Å². The average molecular weight is 222 g/mol. The fourth-order valence-electron chi connectivity index (χ4n) is 1.65. The third-order valence-corrected chi connectivity index (χ3v) is 2.46. The Kier molecular flexibility index (Phi) is 4.05. The highest BCUT2D eigenvalue weighted by atomic mass is 16.4. The molecule has 0 unspecified atom stereocenters. The minimum atomic E-state index is -0.964. The smallest absolute Gasteiger partial charge is 0.335 e. The van der Waals surface area contributed by atoms with Gasteiger partial charge in [-0.1, -0.05) is 12.1 Å². The molecule has 0 aliphatic rings. The third-order valence-electron chi connectivity index (χ3n) is 2.46. The second kappa shape index (κ2) is 5.30. The summed E-state index contributed by atoms with van der Waals surface area (Å²) in [5, 5.41) is 17.5. The summed E-state index contributed by atoms with van der Waals surface area (Å²) in [4.78, 5) is 21.3. The second-order valence-corrected chi connectivity index (χ2v) is 3.65. The maximum atomic E-state index is 11.0. The molecule has 0 aliphatic carbocycles. The summed E-state index contributed by atoms with van der Waals surface area (Å²) >= 11 is 0. The lowest BCUT2D eigenvalue weighted by atomic mass is 9.97. The van der Waals surface area contributed by atoms with E-state index in [-0.39, 0.29) is 12.0 Å². The number of aliphatic carboxylic acids is 1. The van der Waals surface area contributed by atoms with Crippen LogP contribution in [0.25, 0.3) is 0 Å². The molecule has 0 bridgehead atoms. The Balaban J connectivity index is 2.84. The molecule has 0 spiro atoms. The Morgan fingerprint density at radius 1 is 1.25 bits per heavy atom. The summed E-state index contributed by atoms with van der Waals surface area (Å²) < 4.78 is 0. The van der Waals surface area contributed by atoms with Crippen molar-refractivity contribution in [1.29, 1.82) is 0 Å². The van der Waals surface area contributed by atoms with Gasteiger partial charge in [-0.15, -0.1) is 0 Å². The fourth-order valence-corrected chi connectivity index (χ4v) is 1.65. The molecule has 0 fully saturated rings. The standard InChI is InChI=1S/C12H14O4/c1-8-4-2-6-10(12(15)16)9(8)5-3-7-11(13)14/h2,4,6H,3,5,7H2,1H3,(H,13,14)(H,15,16). The first kappa shape index (κ1) is 12.2. The lowest BCUT2D eigenvalue weighted by molar-refractivity contribution is -0.137. The average Bonchev–Trinajstić information content (AvgIpc) is 2.19. The number of hydrogen-bond donors (Lipinski definition) is 2. The molecule has 16 heavy (non-hydrogen) atoms. The predicted octanol–water partition coefficient (Wildman–Crippen LogP) is 2.10. The lowest BCUT2D eigenvalue weighted by Gasteiger charge is -2.08. The number of hydrogen-bond acceptors (Lipinski definition) is 2. The van der Waals surface area contributed by atoms with Crippen molar-refractivity contribution in [2.45, 2.75) is 26.2 Å². The third kappa shape index (κ3) is 3.08. The van der Waals surface area contributed by atoms with Gasteiger partial charge in [0, 0.05) is 6.42 Å². The van der Waals surface area contributed by atoms with Crippen LogP contribution < -0.4 is 0 Å². The van der Waals surface area contributed by atoms with E-state index in [2.05, 4.69) is 0 Å². The summed E-state index contributed by atoms with van der Waals surface area (Å²) in [5.41, 5.74) is 1.90. The van der Waals surface area contributed by atoms with E-state index in [1.165, 1.54) is 0 Å². The number of carbonyl (C=O) groups is 2. The van der Waals surface area contributed by atoms with Gasteiger partial charge in [0.1, 0.15) is 0 Å². The summed E-state index contributed by atoms with van der Waals surface area (Å²) in [7, 11) is 0. The van der Waals surface area contributed by atoms with Gasteiger partial charge in [0.15, 0.2) is 0 Å². The summed E-state index contributed by atoms with van der Waals surface area (Å²) in [6.07, 6.45) is 1.01. The minimum absolute atomic E-state index is 0.0629. The Morgan fingerprint density at radius 3 is 2.50 bits per heavy atom. The van der Waals surface area contributed by atoms with E-state index >= 15 is 0 Å². The molecule has 0 heterocycles. The largest absolute Gasteiger partial charge is 0.481 e. The molecular formula is C12H14O4. The normalized spacial score (nSPS) is 10.1. The van der Waals surface area contributed by atoms with Crippen LogP contribution in [0, 0.1) is 6.92 Å². The van der Waals surface area contributed by atoms with Crippen LogP contribution in [0.5, 0.6) is 0 Å². The summed E-state index contributed by atoms with van der Waals surface area (Å²) in [6.45, 7) is 1.84. The van der Waals surface area contributed by atoms with Crippen molar-refractivity contribution >= 4 is 11.9 Å². The highest BCUT2D eigenvalue weighted by Gasteiger charge is 2.11. The maximum absolute atomic E-state index is 11.0. The van der Waals surface area contributed by atoms with Crippen LogP contribution in [0.2, 0.25) is 0 Å². The van der Waals surface area contributed by atoms with Gasteiger partial charge >= 0.3 is 11.9 Å². The molecule has 0 aliphatic heterocycles. The Morgan fingerprint density at radius 2 is 1.94 bits per heavy atom. The predicted molar refractivity (Wildman–Crippen MR) is 58.7 cm³/mol. The van der Waals surface area contributed by atoms with E-state index < -0.39 is 11.9 Å². The van der Waals surface area contributed by atoms with Crippen molar-refractivity contribution in [3.8, 4) is 0 Å². The van der Waals surface area contributed by atoms with Crippen LogP contribution in [0.15, 0.2) is 18.2 Å². The number of benzene rings is 1. The Bertz CT molecular complexity index is 409. The first-order valence-electron chi connectivity index (χ1n) is 5.06. The molecule has 86 valence electrons. The van der Waals surface area contributed by atoms with Gasteiger partial charge in [-0.25, -0.2) is 4.79 Å². The zero-order valence-electron chi connectivity index (χ0n) is 9.06. The van der Waals surface area contributed by atoms with E-state index in [9.17, 15) is 9.59 Å². The zero-order chi connectivity index (χ0) is 12.1. The number of carboxylic acid groups (broad SMARTS) is 2. The van der Waals surface area contributed by atoms with Gasteiger partial charge < -0.3 is 10.2 Å². The lowest BCUT2D eigenvalue weighted by Crippen LogP contribution is -2.05. The van der Waals surface area contributed by atoms with Gasteiger partial charge in [0.25, 0.3) is 0 Å². The van der Waals surface area contributed by atoms with Crippen LogP contribution in [-0.2, 0) is 11.2 Å². The molecule has 2 N–H and O–H groups in total. The van der Waals surface area contributed by atoms with E-state index in [4.69, 9.17) is 10.2 Å². The van der Waals surface area contributed by atoms with Crippen molar-refractivity contribution in [3.05, 3.63) is 34.9 Å². The highest BCUT2D eigenvalue weighted by Crippen LogP contribution is 2.17. The topological polar surface area (TPSA) is 74.6 Å². The van der Waals surface area contributed by atoms with Crippen molar-refractivity contribution < 1.29 is 19.8 Å².